The molecular weight excluding hydrogens is 506 g/mol. The molecule has 0 spiro atoms. The highest BCUT2D eigenvalue weighted by Gasteiger charge is 2.26. The summed E-state index contributed by atoms with van der Waals surface area (Å²) in [6, 6.07) is 17.3. The third-order valence-corrected chi connectivity index (χ3v) is 7.12. The van der Waals surface area contributed by atoms with Crippen LogP contribution in [0.5, 0.6) is 0 Å². The van der Waals surface area contributed by atoms with Crippen molar-refractivity contribution in [2.24, 2.45) is 11.7 Å². The van der Waals surface area contributed by atoms with E-state index in [1.165, 1.54) is 0 Å². The molecule has 1 saturated heterocycles. The number of aromatic nitrogens is 2. The van der Waals surface area contributed by atoms with Crippen molar-refractivity contribution in [1.82, 2.24) is 14.5 Å². The average molecular weight is 546 g/mol. The van der Waals surface area contributed by atoms with E-state index in [0.29, 0.717) is 31.0 Å². The number of imidazole rings is 1. The van der Waals surface area contributed by atoms with E-state index in [-0.39, 0.29) is 30.6 Å². The van der Waals surface area contributed by atoms with Gasteiger partial charge in [0.15, 0.2) is 11.6 Å². The minimum absolute atomic E-state index is 0.0512. The Morgan fingerprint density at radius 1 is 1.05 bits per heavy atom. The second-order valence-corrected chi connectivity index (χ2v) is 11.0. The van der Waals surface area contributed by atoms with Gasteiger partial charge in [-0.3, -0.25) is 14.4 Å². The first-order chi connectivity index (χ1) is 19.2. The molecule has 0 radical (unpaired) electrons. The van der Waals surface area contributed by atoms with Crippen molar-refractivity contribution in [3.8, 4) is 0 Å². The van der Waals surface area contributed by atoms with Gasteiger partial charge in [0.25, 0.3) is 5.91 Å². The van der Waals surface area contributed by atoms with Crippen LogP contribution in [0.25, 0.3) is 0 Å². The zero-order valence-corrected chi connectivity index (χ0v) is 23.3. The van der Waals surface area contributed by atoms with Gasteiger partial charge in [0.05, 0.1) is 31.0 Å². The molecule has 3 N–H and O–H groups in total. The molecule has 212 valence electrons. The fourth-order valence-corrected chi connectivity index (χ4v) is 4.70. The summed E-state index contributed by atoms with van der Waals surface area (Å²) >= 11 is 0. The van der Waals surface area contributed by atoms with Crippen molar-refractivity contribution in [3.05, 3.63) is 83.8 Å². The van der Waals surface area contributed by atoms with E-state index < -0.39 is 11.5 Å². The summed E-state index contributed by atoms with van der Waals surface area (Å²) in [7, 11) is 0. The highest BCUT2D eigenvalue weighted by Crippen LogP contribution is 2.19. The number of Topliss-reactive ketones (excluding diaryl/α,β-unsaturated/α-hetero) is 1. The van der Waals surface area contributed by atoms with Crippen molar-refractivity contribution in [1.29, 1.82) is 0 Å². The molecule has 1 aliphatic heterocycles. The summed E-state index contributed by atoms with van der Waals surface area (Å²) in [5.41, 5.74) is 7.58. The summed E-state index contributed by atoms with van der Waals surface area (Å²) in [6.07, 6.45) is 5.93. The summed E-state index contributed by atoms with van der Waals surface area (Å²) in [6.45, 7) is 5.89. The maximum Gasteiger partial charge on any atom is 0.254 e. The number of hydrogen-bond acceptors (Lipinski definition) is 6. The second kappa shape index (κ2) is 13.5. The highest BCUT2D eigenvalue weighted by atomic mass is 16.5. The number of nitrogens with one attached hydrogen (secondary N) is 1. The number of nitrogens with zero attached hydrogens (tertiary/aromatic N) is 3. The molecule has 2 amide bonds. The number of benzene rings is 2. The van der Waals surface area contributed by atoms with Gasteiger partial charge in [0, 0.05) is 37.8 Å². The van der Waals surface area contributed by atoms with Gasteiger partial charge in [0.1, 0.15) is 0 Å². The Balaban J connectivity index is 1.39. The molecule has 0 aliphatic carbocycles. The molecular formula is C31H39N5O4. The summed E-state index contributed by atoms with van der Waals surface area (Å²) in [5.74, 6) is -0.494. The molecule has 1 atom stereocenters. The number of anilines is 1. The van der Waals surface area contributed by atoms with Gasteiger partial charge in [-0.1, -0.05) is 48.5 Å². The van der Waals surface area contributed by atoms with E-state index in [9.17, 15) is 14.4 Å². The molecule has 1 aromatic heterocycles. The predicted octanol–water partition coefficient (Wildman–Crippen LogP) is 4.03. The molecule has 0 saturated carbocycles. The Labute approximate surface area is 235 Å². The molecule has 1 fully saturated rings. The highest BCUT2D eigenvalue weighted by molar-refractivity contribution is 5.96. The van der Waals surface area contributed by atoms with Crippen LogP contribution in [-0.2, 0) is 27.5 Å². The number of ether oxygens (including phenoxy) is 1. The first-order valence-electron chi connectivity index (χ1n) is 13.8. The van der Waals surface area contributed by atoms with Crippen LogP contribution in [0.2, 0.25) is 0 Å². The monoisotopic (exact) mass is 545 g/mol. The van der Waals surface area contributed by atoms with E-state index in [0.717, 1.165) is 37.1 Å². The van der Waals surface area contributed by atoms with E-state index in [1.807, 2.05) is 64.1 Å². The molecule has 2 heterocycles. The molecule has 4 rings (SSSR count). The molecule has 3 aromatic rings. The number of hydrogen-bond donors (Lipinski definition) is 2. The number of nitrogens with two attached hydrogens (primary N) is 1. The standard InChI is InChI=1S/C31H39N5O4/c1-31(2,32)27(37)15-14-25(21-40-20-23-10-4-3-5-11-23)29(38)34-28-19-35(22-33-28)18-24-12-6-7-13-26(24)30(39)36-16-8-9-17-36/h3-7,10-13,19,22,25H,8-9,14-18,20-21,32H2,1-2H3,(H,34,38)/t25-/m1/s1. The van der Waals surface area contributed by atoms with Gasteiger partial charge in [0.2, 0.25) is 5.91 Å². The molecule has 40 heavy (non-hydrogen) atoms. The maximum absolute atomic E-state index is 13.2. The topological polar surface area (TPSA) is 120 Å². The predicted molar refractivity (Wildman–Crippen MR) is 154 cm³/mol. The van der Waals surface area contributed by atoms with Crippen LogP contribution in [0.1, 0.15) is 61.0 Å². The van der Waals surface area contributed by atoms with Crippen LogP contribution in [0.15, 0.2) is 67.1 Å². The van der Waals surface area contributed by atoms with Crippen LogP contribution < -0.4 is 11.1 Å². The lowest BCUT2D eigenvalue weighted by atomic mass is 9.93. The maximum atomic E-state index is 13.2. The van der Waals surface area contributed by atoms with Crippen LogP contribution in [0.4, 0.5) is 5.82 Å². The lowest BCUT2D eigenvalue weighted by Gasteiger charge is -2.20. The van der Waals surface area contributed by atoms with Gasteiger partial charge in [-0.2, -0.15) is 0 Å². The van der Waals surface area contributed by atoms with Crippen molar-refractivity contribution in [3.63, 3.8) is 0 Å². The smallest absolute Gasteiger partial charge is 0.254 e. The number of rotatable bonds is 13. The number of likely N-dealkylation sites (tertiary alicyclic amines) is 1. The molecule has 1 aliphatic rings. The molecule has 2 aromatic carbocycles. The lowest BCUT2D eigenvalue weighted by Crippen LogP contribution is -2.42. The van der Waals surface area contributed by atoms with Crippen LogP contribution >= 0.6 is 0 Å². The largest absolute Gasteiger partial charge is 0.376 e. The Hall–Kier alpha value is -3.82. The Kier molecular flexibility index (Phi) is 9.84. The van der Waals surface area contributed by atoms with Gasteiger partial charge < -0.3 is 25.3 Å². The van der Waals surface area contributed by atoms with E-state index in [1.54, 1.807) is 26.4 Å². The lowest BCUT2D eigenvalue weighted by molar-refractivity contribution is -0.125. The molecule has 9 nitrogen and oxygen atoms in total. The van der Waals surface area contributed by atoms with Gasteiger partial charge in [-0.15, -0.1) is 0 Å². The van der Waals surface area contributed by atoms with E-state index in [2.05, 4.69) is 10.3 Å². The third kappa shape index (κ3) is 8.09. The molecule has 9 heteroatoms. The van der Waals surface area contributed by atoms with Crippen molar-refractivity contribution < 1.29 is 19.1 Å². The van der Waals surface area contributed by atoms with E-state index >= 15 is 0 Å². The zero-order valence-electron chi connectivity index (χ0n) is 23.3. The third-order valence-electron chi connectivity index (χ3n) is 7.12. The first-order valence-corrected chi connectivity index (χ1v) is 13.8. The van der Waals surface area contributed by atoms with Crippen LogP contribution in [0, 0.1) is 5.92 Å². The molecule has 0 bridgehead atoms. The van der Waals surface area contributed by atoms with Gasteiger partial charge in [-0.25, -0.2) is 4.98 Å². The minimum atomic E-state index is -0.961. The normalized spacial score (nSPS) is 14.2. The first kappa shape index (κ1) is 29.2. The summed E-state index contributed by atoms with van der Waals surface area (Å²) in [5, 5.41) is 2.87. The summed E-state index contributed by atoms with van der Waals surface area (Å²) in [4.78, 5) is 45.0. The molecule has 0 unspecified atom stereocenters. The second-order valence-electron chi connectivity index (χ2n) is 11.0. The van der Waals surface area contributed by atoms with Crippen molar-refractivity contribution >= 4 is 23.4 Å². The number of ketones is 1. The number of carbonyl (C=O) groups is 3. The average Bonchev–Trinajstić information content (AvgIpc) is 3.63. The fraction of sp³-hybridized carbons (Fsp3) is 0.419. The Morgan fingerprint density at radius 3 is 2.48 bits per heavy atom. The fourth-order valence-electron chi connectivity index (χ4n) is 4.70. The number of carbonyl (C=O) groups excluding carboxylic acids is 3. The quantitative estimate of drug-likeness (QED) is 0.335. The van der Waals surface area contributed by atoms with Crippen LogP contribution in [-0.4, -0.2) is 57.3 Å². The Bertz CT molecular complexity index is 1290. The SMILES string of the molecule is CC(C)(N)C(=O)CC[C@H](COCc1ccccc1)C(=O)Nc1cn(Cc2ccccc2C(=O)N2CCCC2)cn1. The van der Waals surface area contributed by atoms with Crippen LogP contribution in [0.3, 0.4) is 0 Å². The van der Waals surface area contributed by atoms with Crippen molar-refractivity contribution in [2.75, 3.05) is 25.0 Å². The van der Waals surface area contributed by atoms with Crippen molar-refractivity contribution in [2.45, 2.75) is 58.2 Å². The minimum Gasteiger partial charge on any atom is -0.376 e. The van der Waals surface area contributed by atoms with Gasteiger partial charge in [-0.05, 0) is 50.3 Å². The van der Waals surface area contributed by atoms with Gasteiger partial charge >= 0.3 is 0 Å². The zero-order chi connectivity index (χ0) is 28.5. The summed E-state index contributed by atoms with van der Waals surface area (Å²) < 4.78 is 7.70. The van der Waals surface area contributed by atoms with E-state index in [4.69, 9.17) is 10.5 Å². The Morgan fingerprint density at radius 2 is 1.75 bits per heavy atom. The number of amides is 2.